The van der Waals surface area contributed by atoms with Crippen LogP contribution in [0.2, 0.25) is 5.02 Å². The Hall–Kier alpha value is -2.99. The molecule has 4 atom stereocenters. The number of phenolic OH excluding ortho intramolecular Hbond substituents is 1. The zero-order chi connectivity index (χ0) is 24.7. The number of benzene rings is 1. The number of imide groups is 1. The standard InChI is InChI=1S/C27H26ClNO5/c1-12-9-20(31)18-11-17-14(7-8-16-22(17)26(34)29(25(16)33)27(2,3)4)21(23(18)24(12)32)15-6-5-13(30)10-19(15)28/h5-7,9-10,16-17,21-22,30H,8,11H2,1-4H3/t16-,17+,21+,22-/m0/s1. The summed E-state index contributed by atoms with van der Waals surface area (Å²) >= 11 is 6.54. The lowest BCUT2D eigenvalue weighted by Gasteiger charge is -2.42. The van der Waals surface area contributed by atoms with E-state index in [1.165, 1.54) is 23.1 Å². The number of rotatable bonds is 1. The minimum Gasteiger partial charge on any atom is -0.508 e. The van der Waals surface area contributed by atoms with Gasteiger partial charge in [-0.3, -0.25) is 24.1 Å². The highest BCUT2D eigenvalue weighted by atomic mass is 35.5. The Morgan fingerprint density at radius 2 is 1.76 bits per heavy atom. The molecule has 1 saturated heterocycles. The maximum Gasteiger partial charge on any atom is 0.234 e. The quantitative estimate of drug-likeness (QED) is 0.369. The Balaban J connectivity index is 1.70. The summed E-state index contributed by atoms with van der Waals surface area (Å²) in [6, 6.07) is 4.58. The number of allylic oxidation sites excluding steroid dienone is 6. The summed E-state index contributed by atoms with van der Waals surface area (Å²) in [5.41, 5.74) is 1.94. The van der Waals surface area contributed by atoms with Crippen LogP contribution in [0.4, 0.5) is 0 Å². The first-order valence-corrected chi connectivity index (χ1v) is 11.9. The van der Waals surface area contributed by atoms with Crippen molar-refractivity contribution in [2.75, 3.05) is 0 Å². The van der Waals surface area contributed by atoms with Crippen LogP contribution in [0.25, 0.3) is 0 Å². The van der Waals surface area contributed by atoms with Crippen LogP contribution < -0.4 is 0 Å². The zero-order valence-electron chi connectivity index (χ0n) is 19.5. The molecule has 6 nitrogen and oxygen atoms in total. The van der Waals surface area contributed by atoms with E-state index in [2.05, 4.69) is 0 Å². The van der Waals surface area contributed by atoms with Crippen molar-refractivity contribution in [1.29, 1.82) is 0 Å². The van der Waals surface area contributed by atoms with E-state index in [0.717, 1.165) is 5.57 Å². The molecule has 1 heterocycles. The number of aromatic hydroxyl groups is 1. The summed E-state index contributed by atoms with van der Waals surface area (Å²) in [4.78, 5) is 54.6. The number of hydrogen-bond donors (Lipinski definition) is 1. The van der Waals surface area contributed by atoms with Crippen LogP contribution in [-0.2, 0) is 19.2 Å². The number of carbonyl (C=O) groups excluding carboxylic acids is 4. The van der Waals surface area contributed by atoms with Crippen LogP contribution in [-0.4, -0.2) is 38.9 Å². The van der Waals surface area contributed by atoms with Crippen molar-refractivity contribution in [2.45, 2.75) is 52.0 Å². The fraction of sp³-hybridized carbons (Fsp3) is 0.407. The van der Waals surface area contributed by atoms with Gasteiger partial charge in [0.25, 0.3) is 0 Å². The van der Waals surface area contributed by atoms with Gasteiger partial charge in [-0.1, -0.05) is 29.3 Å². The fourth-order valence-corrected chi connectivity index (χ4v) is 6.41. The largest absolute Gasteiger partial charge is 0.508 e. The lowest BCUT2D eigenvalue weighted by atomic mass is 9.59. The Morgan fingerprint density at radius 1 is 1.06 bits per heavy atom. The number of fused-ring (bicyclic) bond motifs is 3. The van der Waals surface area contributed by atoms with Crippen molar-refractivity contribution < 1.29 is 24.3 Å². The Labute approximate surface area is 203 Å². The van der Waals surface area contributed by atoms with Gasteiger partial charge < -0.3 is 5.11 Å². The molecule has 1 N–H and O–H groups in total. The molecule has 5 rings (SSSR count). The Kier molecular flexibility index (Phi) is 5.03. The molecular formula is C27H26ClNO5. The van der Waals surface area contributed by atoms with Gasteiger partial charge in [-0.05, 0) is 70.2 Å². The number of nitrogens with zero attached hydrogens (tertiary/aromatic N) is 1. The van der Waals surface area contributed by atoms with Gasteiger partial charge in [-0.15, -0.1) is 0 Å². The molecule has 4 aliphatic rings. The molecule has 0 saturated carbocycles. The molecule has 0 aromatic heterocycles. The smallest absolute Gasteiger partial charge is 0.234 e. The molecule has 34 heavy (non-hydrogen) atoms. The van der Waals surface area contributed by atoms with Crippen LogP contribution in [0.3, 0.4) is 0 Å². The zero-order valence-corrected chi connectivity index (χ0v) is 20.3. The number of phenols is 1. The highest BCUT2D eigenvalue weighted by Crippen LogP contribution is 2.56. The van der Waals surface area contributed by atoms with Gasteiger partial charge in [-0.2, -0.15) is 0 Å². The lowest BCUT2D eigenvalue weighted by Crippen LogP contribution is -2.46. The van der Waals surface area contributed by atoms with Crippen LogP contribution >= 0.6 is 11.6 Å². The first kappa shape index (κ1) is 22.8. The van der Waals surface area contributed by atoms with Crippen molar-refractivity contribution in [3.8, 4) is 5.75 Å². The van der Waals surface area contributed by atoms with E-state index in [1.54, 1.807) is 13.0 Å². The van der Waals surface area contributed by atoms with Crippen molar-refractivity contribution in [3.05, 3.63) is 63.2 Å². The minimum absolute atomic E-state index is 0.00694. The summed E-state index contributed by atoms with van der Waals surface area (Å²) in [5.74, 6) is -2.94. The van der Waals surface area contributed by atoms with Crippen LogP contribution in [0.15, 0.2) is 52.6 Å². The van der Waals surface area contributed by atoms with Gasteiger partial charge in [0.05, 0.1) is 11.8 Å². The number of ketones is 2. The molecule has 0 bridgehead atoms. The second-order valence-electron chi connectivity index (χ2n) is 10.6. The number of carbonyl (C=O) groups is 4. The normalized spacial score (nSPS) is 29.0. The molecule has 1 fully saturated rings. The third-order valence-corrected chi connectivity index (χ3v) is 7.86. The lowest BCUT2D eigenvalue weighted by molar-refractivity contribution is -0.145. The molecule has 176 valence electrons. The van der Waals surface area contributed by atoms with Gasteiger partial charge in [0, 0.05) is 33.2 Å². The molecule has 2 amide bonds. The monoisotopic (exact) mass is 479 g/mol. The molecule has 0 radical (unpaired) electrons. The summed E-state index contributed by atoms with van der Waals surface area (Å²) in [6.45, 7) is 7.14. The molecule has 3 aliphatic carbocycles. The molecule has 1 aromatic rings. The predicted octanol–water partition coefficient (Wildman–Crippen LogP) is 4.27. The Morgan fingerprint density at radius 3 is 2.41 bits per heavy atom. The number of Topliss-reactive ketones (excluding diaryl/α,β-unsaturated/α-hetero) is 1. The van der Waals surface area contributed by atoms with E-state index in [9.17, 15) is 24.3 Å². The highest BCUT2D eigenvalue weighted by molar-refractivity contribution is 6.32. The first-order chi connectivity index (χ1) is 15.9. The van der Waals surface area contributed by atoms with E-state index >= 15 is 0 Å². The first-order valence-electron chi connectivity index (χ1n) is 11.5. The number of amides is 2. The van der Waals surface area contributed by atoms with Gasteiger partial charge in [0.2, 0.25) is 11.8 Å². The van der Waals surface area contributed by atoms with Crippen LogP contribution in [0, 0.1) is 17.8 Å². The minimum atomic E-state index is -0.652. The molecule has 0 spiro atoms. The highest BCUT2D eigenvalue weighted by Gasteiger charge is 2.58. The second-order valence-corrected chi connectivity index (χ2v) is 11.0. The second kappa shape index (κ2) is 7.51. The van der Waals surface area contributed by atoms with Gasteiger partial charge in [0.15, 0.2) is 11.6 Å². The van der Waals surface area contributed by atoms with Crippen molar-refractivity contribution >= 4 is 35.0 Å². The summed E-state index contributed by atoms with van der Waals surface area (Å²) < 4.78 is 0. The molecule has 1 aromatic carbocycles. The van der Waals surface area contributed by atoms with Gasteiger partial charge in [-0.25, -0.2) is 0 Å². The fourth-order valence-electron chi connectivity index (χ4n) is 6.13. The predicted molar refractivity (Wildman–Crippen MR) is 126 cm³/mol. The maximum absolute atomic E-state index is 13.6. The molecule has 0 unspecified atom stereocenters. The van der Waals surface area contributed by atoms with Gasteiger partial charge >= 0.3 is 0 Å². The van der Waals surface area contributed by atoms with E-state index in [4.69, 9.17) is 11.6 Å². The van der Waals surface area contributed by atoms with Gasteiger partial charge in [0.1, 0.15) is 5.75 Å². The van der Waals surface area contributed by atoms with E-state index in [1.807, 2.05) is 26.8 Å². The summed E-state index contributed by atoms with van der Waals surface area (Å²) in [6.07, 6.45) is 3.94. The number of hydrogen-bond acceptors (Lipinski definition) is 5. The average Bonchev–Trinajstić information content (AvgIpc) is 3.01. The number of halogens is 1. The average molecular weight is 480 g/mol. The van der Waals surface area contributed by atoms with E-state index in [0.29, 0.717) is 28.7 Å². The third kappa shape index (κ3) is 3.15. The van der Waals surface area contributed by atoms with E-state index in [-0.39, 0.29) is 46.5 Å². The SMILES string of the molecule is CC1=CC(=O)C2=C(C1=O)[C@@H](c1ccc(O)cc1Cl)C1=CC[C@@H]3C(=O)N(C(C)(C)C)C(=O)[C@@H]3[C@@H]1C2. The van der Waals surface area contributed by atoms with Crippen molar-refractivity contribution in [3.63, 3.8) is 0 Å². The summed E-state index contributed by atoms with van der Waals surface area (Å²) in [7, 11) is 0. The molecule has 1 aliphatic heterocycles. The van der Waals surface area contributed by atoms with Crippen molar-refractivity contribution in [1.82, 2.24) is 4.90 Å². The van der Waals surface area contributed by atoms with Crippen molar-refractivity contribution in [2.24, 2.45) is 17.8 Å². The maximum atomic E-state index is 13.6. The summed E-state index contributed by atoms with van der Waals surface area (Å²) in [5, 5.41) is 10.2. The van der Waals surface area contributed by atoms with Crippen LogP contribution in [0.5, 0.6) is 5.75 Å². The van der Waals surface area contributed by atoms with E-state index < -0.39 is 23.3 Å². The topological polar surface area (TPSA) is 91.8 Å². The van der Waals surface area contributed by atoms with Crippen LogP contribution in [0.1, 0.15) is 52.0 Å². The number of likely N-dealkylation sites (tertiary alicyclic amines) is 1. The molecule has 7 heteroatoms. The third-order valence-electron chi connectivity index (χ3n) is 7.53. The Bertz CT molecular complexity index is 1280. The molecular weight excluding hydrogens is 454 g/mol.